The van der Waals surface area contributed by atoms with Crippen LogP contribution in [0.4, 0.5) is 0 Å². The van der Waals surface area contributed by atoms with Gasteiger partial charge in [0.2, 0.25) is 5.88 Å². The normalized spacial score (nSPS) is 11.0. The van der Waals surface area contributed by atoms with Gasteiger partial charge in [0, 0.05) is 18.2 Å². The van der Waals surface area contributed by atoms with Gasteiger partial charge in [-0.1, -0.05) is 28.4 Å². The first-order valence-electron chi connectivity index (χ1n) is 6.95. The Morgan fingerprint density at radius 3 is 2.83 bits per heavy atom. The summed E-state index contributed by atoms with van der Waals surface area (Å²) in [5.74, 6) is -0.263. The van der Waals surface area contributed by atoms with E-state index in [0.717, 1.165) is 0 Å². The fraction of sp³-hybridized carbons (Fsp3) is 0.267. The van der Waals surface area contributed by atoms with Gasteiger partial charge in [-0.3, -0.25) is 0 Å². The van der Waals surface area contributed by atoms with Crippen LogP contribution in [0.5, 0.6) is 5.88 Å². The first-order chi connectivity index (χ1) is 11.1. The van der Waals surface area contributed by atoms with E-state index >= 15 is 0 Å². The number of rotatable bonds is 6. The van der Waals surface area contributed by atoms with E-state index in [-0.39, 0.29) is 10.6 Å². The third-order valence-corrected chi connectivity index (χ3v) is 3.64. The molecule has 1 aromatic carbocycles. The number of oxime groups is 1. The lowest BCUT2D eigenvalue weighted by Crippen LogP contribution is -2.13. The van der Waals surface area contributed by atoms with Crippen LogP contribution in [0.25, 0.3) is 0 Å². The highest BCUT2D eigenvalue weighted by Crippen LogP contribution is 2.28. The second kappa shape index (κ2) is 7.99. The van der Waals surface area contributed by atoms with Crippen LogP contribution < -0.4 is 4.74 Å². The quantitative estimate of drug-likeness (QED) is 0.449. The highest BCUT2D eigenvalue weighted by atomic mass is 35.5. The smallest absolute Gasteiger partial charge is 0.346 e. The van der Waals surface area contributed by atoms with E-state index in [9.17, 15) is 4.79 Å². The topological polar surface area (TPSA) is 65.7 Å². The van der Waals surface area contributed by atoms with Crippen molar-refractivity contribution in [3.05, 3.63) is 45.6 Å². The molecule has 0 aliphatic heterocycles. The molecule has 1 heterocycles. The molecule has 0 fully saturated rings. The molecule has 0 amide bonds. The SMILES string of the molecule is CCO/N=C/c1c(Cl)ccc(C(=O)Oc2ccnn2CC)c1Cl. The van der Waals surface area contributed by atoms with Crippen molar-refractivity contribution in [3.63, 3.8) is 0 Å². The van der Waals surface area contributed by atoms with Gasteiger partial charge in [-0.25, -0.2) is 9.48 Å². The third kappa shape index (κ3) is 4.03. The number of hydrogen-bond donors (Lipinski definition) is 0. The Morgan fingerprint density at radius 1 is 1.35 bits per heavy atom. The minimum absolute atomic E-state index is 0.147. The average Bonchev–Trinajstić information content (AvgIpc) is 2.97. The van der Waals surface area contributed by atoms with Gasteiger partial charge in [-0.15, -0.1) is 0 Å². The molecule has 0 saturated heterocycles. The molecule has 122 valence electrons. The molecule has 0 unspecified atom stereocenters. The Labute approximate surface area is 143 Å². The molecule has 1 aromatic heterocycles. The van der Waals surface area contributed by atoms with Crippen molar-refractivity contribution < 1.29 is 14.4 Å². The van der Waals surface area contributed by atoms with Gasteiger partial charge in [0.25, 0.3) is 0 Å². The number of carbonyl (C=O) groups is 1. The van der Waals surface area contributed by atoms with Crippen LogP contribution >= 0.6 is 23.2 Å². The maximum absolute atomic E-state index is 12.3. The second-order valence-electron chi connectivity index (χ2n) is 4.35. The van der Waals surface area contributed by atoms with Crippen molar-refractivity contribution >= 4 is 35.4 Å². The summed E-state index contributed by atoms with van der Waals surface area (Å²) in [6.45, 7) is 4.68. The molecule has 0 N–H and O–H groups in total. The van der Waals surface area contributed by atoms with E-state index in [1.165, 1.54) is 12.3 Å². The predicted molar refractivity (Wildman–Crippen MR) is 88.5 cm³/mol. The molecule has 0 aliphatic carbocycles. The lowest BCUT2D eigenvalue weighted by Gasteiger charge is -2.09. The van der Waals surface area contributed by atoms with Crippen molar-refractivity contribution in [2.24, 2.45) is 5.16 Å². The van der Waals surface area contributed by atoms with Crippen LogP contribution in [0.3, 0.4) is 0 Å². The lowest BCUT2D eigenvalue weighted by molar-refractivity contribution is 0.0718. The Morgan fingerprint density at radius 2 is 2.13 bits per heavy atom. The van der Waals surface area contributed by atoms with Gasteiger partial charge in [0.05, 0.1) is 28.0 Å². The van der Waals surface area contributed by atoms with E-state index in [4.69, 9.17) is 32.8 Å². The molecule has 23 heavy (non-hydrogen) atoms. The van der Waals surface area contributed by atoms with Gasteiger partial charge < -0.3 is 9.57 Å². The van der Waals surface area contributed by atoms with Crippen LogP contribution in [0.1, 0.15) is 29.8 Å². The van der Waals surface area contributed by atoms with Gasteiger partial charge in [0.1, 0.15) is 6.61 Å². The van der Waals surface area contributed by atoms with Gasteiger partial charge >= 0.3 is 5.97 Å². The molecular weight excluding hydrogens is 341 g/mol. The summed E-state index contributed by atoms with van der Waals surface area (Å²) in [6.07, 6.45) is 2.91. The van der Waals surface area contributed by atoms with Crippen LogP contribution in [0, 0.1) is 0 Å². The molecule has 0 spiro atoms. The monoisotopic (exact) mass is 355 g/mol. The number of esters is 1. The molecule has 0 saturated carbocycles. The van der Waals surface area contributed by atoms with Crippen LogP contribution in [-0.2, 0) is 11.4 Å². The van der Waals surface area contributed by atoms with E-state index in [1.54, 1.807) is 29.9 Å². The van der Waals surface area contributed by atoms with E-state index < -0.39 is 5.97 Å². The van der Waals surface area contributed by atoms with Crippen molar-refractivity contribution in [1.82, 2.24) is 9.78 Å². The number of benzene rings is 1. The van der Waals surface area contributed by atoms with Gasteiger partial charge in [-0.2, -0.15) is 5.10 Å². The standard InChI is InChI=1S/C15H15Cl2N3O3/c1-3-20-13(7-8-18-20)23-15(21)10-5-6-12(16)11(14(10)17)9-19-22-4-2/h5-9H,3-4H2,1-2H3/b19-9+. The summed E-state index contributed by atoms with van der Waals surface area (Å²) in [5, 5.41) is 8.26. The second-order valence-corrected chi connectivity index (χ2v) is 5.13. The Balaban J connectivity index is 2.29. The van der Waals surface area contributed by atoms with Crippen molar-refractivity contribution in [2.45, 2.75) is 20.4 Å². The summed E-state index contributed by atoms with van der Waals surface area (Å²) < 4.78 is 6.88. The van der Waals surface area contributed by atoms with E-state index in [0.29, 0.717) is 29.6 Å². The number of nitrogens with zero attached hydrogens (tertiary/aromatic N) is 3. The predicted octanol–water partition coefficient (Wildman–Crippen LogP) is 3.80. The summed E-state index contributed by atoms with van der Waals surface area (Å²) in [6, 6.07) is 4.65. The largest absolute Gasteiger partial charge is 0.404 e. The van der Waals surface area contributed by atoms with E-state index in [2.05, 4.69) is 10.3 Å². The average molecular weight is 356 g/mol. The Hall–Kier alpha value is -2.05. The molecule has 6 nitrogen and oxygen atoms in total. The van der Waals surface area contributed by atoms with Crippen molar-refractivity contribution in [2.75, 3.05) is 6.61 Å². The first kappa shape index (κ1) is 17.3. The number of aryl methyl sites for hydroxylation is 1. The number of ether oxygens (including phenoxy) is 1. The fourth-order valence-corrected chi connectivity index (χ4v) is 2.35. The van der Waals surface area contributed by atoms with Gasteiger partial charge in [0.15, 0.2) is 0 Å². The van der Waals surface area contributed by atoms with Crippen LogP contribution in [0.15, 0.2) is 29.6 Å². The maximum atomic E-state index is 12.3. The fourth-order valence-electron chi connectivity index (χ4n) is 1.80. The highest BCUT2D eigenvalue weighted by Gasteiger charge is 2.18. The molecule has 0 aliphatic rings. The third-order valence-electron chi connectivity index (χ3n) is 2.91. The summed E-state index contributed by atoms with van der Waals surface area (Å²) in [5.41, 5.74) is 0.568. The first-order valence-corrected chi connectivity index (χ1v) is 7.71. The van der Waals surface area contributed by atoms with E-state index in [1.807, 2.05) is 6.92 Å². The zero-order valence-corrected chi connectivity index (χ0v) is 14.1. The Kier molecular flexibility index (Phi) is 6.01. The minimum atomic E-state index is -0.604. The molecule has 0 bridgehead atoms. The molecule has 0 atom stereocenters. The van der Waals surface area contributed by atoms with Crippen LogP contribution in [-0.4, -0.2) is 28.6 Å². The minimum Gasteiger partial charge on any atom is -0.404 e. The zero-order chi connectivity index (χ0) is 16.8. The molecular formula is C15H15Cl2N3O3. The lowest BCUT2D eigenvalue weighted by atomic mass is 10.1. The molecule has 2 rings (SSSR count). The van der Waals surface area contributed by atoms with Crippen LogP contribution in [0.2, 0.25) is 10.0 Å². The summed E-state index contributed by atoms with van der Waals surface area (Å²) >= 11 is 12.3. The molecule has 8 heteroatoms. The van der Waals surface area contributed by atoms with Gasteiger partial charge in [-0.05, 0) is 26.0 Å². The number of halogens is 2. The summed E-state index contributed by atoms with van der Waals surface area (Å²) in [7, 11) is 0. The molecule has 0 radical (unpaired) electrons. The molecule has 2 aromatic rings. The van der Waals surface area contributed by atoms with Crippen molar-refractivity contribution in [1.29, 1.82) is 0 Å². The Bertz CT molecular complexity index is 729. The number of aromatic nitrogens is 2. The summed E-state index contributed by atoms with van der Waals surface area (Å²) in [4.78, 5) is 17.2. The number of carbonyl (C=O) groups excluding carboxylic acids is 1. The highest BCUT2D eigenvalue weighted by molar-refractivity contribution is 6.40. The number of hydrogen-bond acceptors (Lipinski definition) is 5. The zero-order valence-electron chi connectivity index (χ0n) is 12.6. The van der Waals surface area contributed by atoms with Crippen molar-refractivity contribution in [3.8, 4) is 5.88 Å². The maximum Gasteiger partial charge on any atom is 0.346 e.